The third-order valence-corrected chi connectivity index (χ3v) is 2.01. The van der Waals surface area contributed by atoms with Gasteiger partial charge in [-0.05, 0) is 0 Å². The van der Waals surface area contributed by atoms with Gasteiger partial charge in [-0.15, -0.1) is 0 Å². The van der Waals surface area contributed by atoms with E-state index < -0.39 is 27.4 Å². The first-order chi connectivity index (χ1) is 5.83. The van der Waals surface area contributed by atoms with Gasteiger partial charge in [0.05, 0.1) is 0 Å². The van der Waals surface area contributed by atoms with Crippen molar-refractivity contribution in [2.24, 2.45) is 5.92 Å². The molecule has 0 aromatic heterocycles. The highest BCUT2D eigenvalue weighted by atomic mass is 127. The Balaban J connectivity index is 2.89. The summed E-state index contributed by atoms with van der Waals surface area (Å²) in [6.07, 6.45) is 0. The predicted molar refractivity (Wildman–Crippen MR) is 48.8 cm³/mol. The van der Waals surface area contributed by atoms with E-state index >= 15 is 0 Å². The second-order valence-corrected chi connectivity index (χ2v) is 4.04. The molecule has 0 radical (unpaired) electrons. The lowest BCUT2D eigenvalue weighted by Gasteiger charge is -2.31. The molecule has 1 saturated heterocycles. The normalized spacial score (nSPS) is 22.1. The molecule has 0 aromatic carbocycles. The Labute approximate surface area is 87.9 Å². The van der Waals surface area contributed by atoms with Crippen LogP contribution in [-0.2, 0) is 23.9 Å². The zero-order valence-electron chi connectivity index (χ0n) is 7.00. The Morgan fingerprint density at radius 3 is 2.00 bits per heavy atom. The molecule has 0 spiro atoms. The van der Waals surface area contributed by atoms with Crippen LogP contribution in [0.3, 0.4) is 0 Å². The number of rotatable bonds is 1. The zero-order chi connectivity index (χ0) is 10.2. The van der Waals surface area contributed by atoms with E-state index in [1.54, 1.807) is 0 Å². The first kappa shape index (κ1) is 10.4. The van der Waals surface area contributed by atoms with Crippen LogP contribution in [0.4, 0.5) is 0 Å². The molecule has 0 aliphatic carbocycles. The Kier molecular flexibility index (Phi) is 2.60. The van der Waals surface area contributed by atoms with Crippen molar-refractivity contribution in [1.82, 2.24) is 0 Å². The van der Waals surface area contributed by atoms with Gasteiger partial charge in [-0.1, -0.05) is 0 Å². The van der Waals surface area contributed by atoms with Crippen LogP contribution in [0.5, 0.6) is 0 Å². The van der Waals surface area contributed by atoms with Gasteiger partial charge in [0.15, 0.2) is 0 Å². The number of ether oxygens (including phenoxy) is 2. The highest BCUT2D eigenvalue weighted by Gasteiger charge is 2.46. The predicted octanol–water partition coefficient (Wildman–Crippen LogP) is 0.400. The lowest BCUT2D eigenvalue weighted by molar-refractivity contribution is -0.237. The maximum atomic E-state index is 11.1. The number of hydrogen-bond donors (Lipinski definition) is 0. The molecule has 0 saturated carbocycles. The van der Waals surface area contributed by atoms with Crippen LogP contribution >= 0.6 is 22.6 Å². The number of esters is 2. The molecule has 0 atom stereocenters. The smallest absolute Gasteiger partial charge is 0.332 e. The van der Waals surface area contributed by atoms with Crippen molar-refractivity contribution in [3.8, 4) is 0 Å². The molecule has 13 heavy (non-hydrogen) atoms. The van der Waals surface area contributed by atoms with Crippen LogP contribution in [0.25, 0.3) is 0 Å². The first-order valence-corrected chi connectivity index (χ1v) is 4.56. The van der Waals surface area contributed by atoms with Crippen molar-refractivity contribution in [3.63, 3.8) is 0 Å². The Morgan fingerprint density at radius 1 is 1.31 bits per heavy atom. The van der Waals surface area contributed by atoms with Gasteiger partial charge in [-0.3, -0.25) is 14.4 Å². The monoisotopic (exact) mass is 298 g/mol. The van der Waals surface area contributed by atoms with E-state index in [0.717, 1.165) is 0 Å². The second-order valence-electron chi connectivity index (χ2n) is 2.98. The fraction of sp³-hybridized carbons (Fsp3) is 0.571. The molecule has 0 bridgehead atoms. The SMILES string of the molecule is CC1(C)OC(=O)C(C(=O)I)C(=O)O1. The number of halogens is 1. The van der Waals surface area contributed by atoms with Crippen LogP contribution in [0.1, 0.15) is 13.8 Å². The highest BCUT2D eigenvalue weighted by molar-refractivity contribution is 14.1. The van der Waals surface area contributed by atoms with Crippen molar-refractivity contribution in [2.75, 3.05) is 0 Å². The van der Waals surface area contributed by atoms with Gasteiger partial charge >= 0.3 is 11.9 Å². The summed E-state index contributed by atoms with van der Waals surface area (Å²) >= 11 is 1.36. The van der Waals surface area contributed by atoms with Crippen LogP contribution in [-0.4, -0.2) is 21.5 Å². The molecule has 0 amide bonds. The molecule has 1 rings (SSSR count). The molecule has 1 fully saturated rings. The third-order valence-electron chi connectivity index (χ3n) is 1.39. The minimum Gasteiger partial charge on any atom is -0.422 e. The molecule has 1 heterocycles. The highest BCUT2D eigenvalue weighted by Crippen LogP contribution is 2.24. The van der Waals surface area contributed by atoms with Crippen molar-refractivity contribution in [1.29, 1.82) is 0 Å². The Hall–Kier alpha value is -0.660. The first-order valence-electron chi connectivity index (χ1n) is 3.48. The molecule has 72 valence electrons. The summed E-state index contributed by atoms with van der Waals surface area (Å²) in [4.78, 5) is 33.0. The maximum absolute atomic E-state index is 11.1. The van der Waals surface area contributed by atoms with Gasteiger partial charge in [-0.2, -0.15) is 0 Å². The van der Waals surface area contributed by atoms with Gasteiger partial charge < -0.3 is 9.47 Å². The van der Waals surface area contributed by atoms with Crippen LogP contribution < -0.4 is 0 Å². The van der Waals surface area contributed by atoms with E-state index in [1.807, 2.05) is 0 Å². The summed E-state index contributed by atoms with van der Waals surface area (Å²) in [7, 11) is 0. The summed E-state index contributed by atoms with van der Waals surface area (Å²) in [6.45, 7) is 2.85. The van der Waals surface area contributed by atoms with E-state index in [-0.39, 0.29) is 0 Å². The number of cyclic esters (lactones) is 2. The van der Waals surface area contributed by atoms with Gasteiger partial charge in [0.25, 0.3) is 5.79 Å². The van der Waals surface area contributed by atoms with Gasteiger partial charge in [-0.25, -0.2) is 0 Å². The topological polar surface area (TPSA) is 69.7 Å². The average Bonchev–Trinajstić information content (AvgIpc) is 1.78. The largest absolute Gasteiger partial charge is 0.422 e. The van der Waals surface area contributed by atoms with Gasteiger partial charge in [0.2, 0.25) is 9.71 Å². The third kappa shape index (κ3) is 2.17. The molecule has 0 N–H and O–H groups in total. The molecule has 5 nitrogen and oxygen atoms in total. The van der Waals surface area contributed by atoms with E-state index in [4.69, 9.17) is 9.47 Å². The number of hydrogen-bond acceptors (Lipinski definition) is 5. The average molecular weight is 298 g/mol. The van der Waals surface area contributed by atoms with Crippen LogP contribution in [0.15, 0.2) is 0 Å². The summed E-state index contributed by atoms with van der Waals surface area (Å²) in [5, 5.41) is 0. The maximum Gasteiger partial charge on any atom is 0.332 e. The minimum atomic E-state index is -1.42. The van der Waals surface area contributed by atoms with Gasteiger partial charge in [0.1, 0.15) is 0 Å². The standard InChI is InChI=1S/C7H7IO5/c1-7(2)12-5(10)3(4(8)9)6(11)13-7/h3H,1-2H3. The van der Waals surface area contributed by atoms with Crippen LogP contribution in [0.2, 0.25) is 0 Å². The van der Waals surface area contributed by atoms with Crippen molar-refractivity contribution in [3.05, 3.63) is 0 Å². The summed E-state index contributed by atoms with van der Waals surface area (Å²) in [5.74, 6) is -4.38. The van der Waals surface area contributed by atoms with E-state index in [9.17, 15) is 14.4 Å². The van der Waals surface area contributed by atoms with Crippen molar-refractivity contribution < 1.29 is 23.9 Å². The Bertz CT molecular complexity index is 263. The minimum absolute atomic E-state index is 0.594. The molecule has 1 aliphatic heterocycles. The molecular formula is C7H7IO5. The molecule has 6 heteroatoms. The quantitative estimate of drug-likeness (QED) is 0.303. The summed E-state index contributed by atoms with van der Waals surface area (Å²) in [6, 6.07) is 0. The molecule has 0 aromatic rings. The van der Waals surface area contributed by atoms with E-state index in [2.05, 4.69) is 0 Å². The Morgan fingerprint density at radius 2 is 1.69 bits per heavy atom. The molecular weight excluding hydrogens is 291 g/mol. The lowest BCUT2D eigenvalue weighted by atomic mass is 10.1. The van der Waals surface area contributed by atoms with E-state index in [1.165, 1.54) is 36.4 Å². The second kappa shape index (κ2) is 3.24. The molecule has 0 unspecified atom stereocenters. The zero-order valence-corrected chi connectivity index (χ0v) is 9.15. The van der Waals surface area contributed by atoms with Crippen molar-refractivity contribution >= 4 is 38.3 Å². The fourth-order valence-corrected chi connectivity index (χ4v) is 1.41. The molecule has 1 aliphatic rings. The number of carbonyl (C=O) groups excluding carboxylic acids is 3. The van der Waals surface area contributed by atoms with Gasteiger partial charge in [0, 0.05) is 36.4 Å². The van der Waals surface area contributed by atoms with Crippen LogP contribution in [0, 0.1) is 5.92 Å². The summed E-state index contributed by atoms with van der Waals surface area (Å²) < 4.78 is 8.83. The lowest BCUT2D eigenvalue weighted by Crippen LogP contribution is -2.48. The van der Waals surface area contributed by atoms with Crippen molar-refractivity contribution in [2.45, 2.75) is 19.6 Å². The van der Waals surface area contributed by atoms with E-state index in [0.29, 0.717) is 0 Å². The summed E-state index contributed by atoms with van der Waals surface area (Å²) in [5.41, 5.74) is 0. The number of carbonyl (C=O) groups is 3. The fourth-order valence-electron chi connectivity index (χ4n) is 0.905.